The molecule has 3 saturated heterocycles. The quantitative estimate of drug-likeness (QED) is 0.365. The molecule has 3 fully saturated rings. The number of hydrogen-bond donors (Lipinski definition) is 3. The van der Waals surface area contributed by atoms with Crippen LogP contribution in [0.1, 0.15) is 55.7 Å². The largest absolute Gasteiger partial charge is 0.397 e. The number of likely N-dealkylation sites (tertiary alicyclic amines) is 2. The fourth-order valence-electron chi connectivity index (χ4n) is 7.71. The maximum atomic E-state index is 14.1. The number of aryl methyl sites for hydroxylation is 1. The van der Waals surface area contributed by atoms with Crippen LogP contribution in [0.4, 0.5) is 16.2 Å². The van der Waals surface area contributed by atoms with E-state index in [9.17, 15) is 14.4 Å². The van der Waals surface area contributed by atoms with Gasteiger partial charge in [0.2, 0.25) is 11.8 Å². The monoisotopic (exact) mass is 669 g/mol. The Hall–Kier alpha value is -2.86. The minimum atomic E-state index is -0.472. The third-order valence-corrected chi connectivity index (χ3v) is 11.6. The average molecular weight is 670 g/mol. The molecule has 1 atom stereocenters. The standard InChI is InChI=1S/C34H48ClN7O3S/c1-2-24-17-23(19-29(35)32(24)36)18-26(33(44)41-12-4-27(5-13-41)39-15-8-37-9-16-39)20-31(43)40-10-6-28(7-11-40)42-14-3-25-21-46-22-30(25)38-34(42)45/h17,19,21-22,26-28,37H,2-16,18,20,36H2,1H3,(H,38,45)/t26-/m0/s1. The molecule has 2 aromatic rings. The molecule has 4 aliphatic heterocycles. The molecule has 1 aromatic carbocycles. The number of nitrogens with one attached hydrogen (secondary N) is 2. The van der Waals surface area contributed by atoms with Crippen molar-refractivity contribution in [3.63, 3.8) is 0 Å². The number of fused-ring (bicyclic) bond motifs is 1. The Morgan fingerprint density at radius 2 is 1.67 bits per heavy atom. The topological polar surface area (TPSA) is 114 Å². The predicted octanol–water partition coefficient (Wildman–Crippen LogP) is 4.07. The van der Waals surface area contributed by atoms with Crippen molar-refractivity contribution in [1.29, 1.82) is 0 Å². The number of carbonyl (C=O) groups is 3. The zero-order valence-corrected chi connectivity index (χ0v) is 28.5. The lowest BCUT2D eigenvalue weighted by Gasteiger charge is -2.41. The van der Waals surface area contributed by atoms with E-state index in [-0.39, 0.29) is 30.3 Å². The van der Waals surface area contributed by atoms with Gasteiger partial charge in [-0.25, -0.2) is 4.79 Å². The molecule has 46 heavy (non-hydrogen) atoms. The van der Waals surface area contributed by atoms with E-state index in [1.165, 1.54) is 5.56 Å². The van der Waals surface area contributed by atoms with E-state index in [4.69, 9.17) is 17.3 Å². The third kappa shape index (κ3) is 7.48. The Kier molecular flexibility index (Phi) is 10.7. The zero-order valence-electron chi connectivity index (χ0n) is 26.9. The van der Waals surface area contributed by atoms with Crippen molar-refractivity contribution in [3.8, 4) is 0 Å². The molecule has 4 aliphatic rings. The molecule has 0 radical (unpaired) electrons. The number of benzene rings is 1. The summed E-state index contributed by atoms with van der Waals surface area (Å²) in [6, 6.07) is 4.44. The van der Waals surface area contributed by atoms with Gasteiger partial charge >= 0.3 is 6.03 Å². The summed E-state index contributed by atoms with van der Waals surface area (Å²) in [4.78, 5) is 49.3. The SMILES string of the molecule is CCc1cc(C[C@@H](CC(=O)N2CCC(N3CCc4cscc4NC3=O)CC2)C(=O)N2CCC(N3CCNCC3)CC2)cc(Cl)c1N. The minimum absolute atomic E-state index is 0.00643. The van der Waals surface area contributed by atoms with Crippen LogP contribution in [0.2, 0.25) is 5.02 Å². The first-order chi connectivity index (χ1) is 22.3. The first kappa shape index (κ1) is 33.1. The normalized spacial score (nSPS) is 21.1. The summed E-state index contributed by atoms with van der Waals surface area (Å²) in [5, 5.41) is 11.1. The number of anilines is 2. The molecule has 4 N–H and O–H groups in total. The number of carbonyl (C=O) groups excluding carboxylic acids is 3. The Bertz CT molecular complexity index is 1400. The van der Waals surface area contributed by atoms with Crippen LogP contribution in [0, 0.1) is 5.92 Å². The van der Waals surface area contributed by atoms with Gasteiger partial charge in [-0.2, -0.15) is 0 Å². The molecule has 0 spiro atoms. The average Bonchev–Trinajstić information content (AvgIpc) is 3.46. The maximum absolute atomic E-state index is 14.1. The number of piperazine rings is 1. The summed E-state index contributed by atoms with van der Waals surface area (Å²) in [6.07, 6.45) is 5.58. The van der Waals surface area contributed by atoms with Gasteiger partial charge < -0.3 is 31.1 Å². The summed E-state index contributed by atoms with van der Waals surface area (Å²) in [7, 11) is 0. The van der Waals surface area contributed by atoms with E-state index >= 15 is 0 Å². The Balaban J connectivity index is 1.10. The molecule has 250 valence electrons. The Labute approximate surface area is 281 Å². The molecule has 5 heterocycles. The van der Waals surface area contributed by atoms with Crippen molar-refractivity contribution in [2.45, 2.75) is 70.4 Å². The molecule has 4 amide bonds. The Morgan fingerprint density at radius 1 is 0.978 bits per heavy atom. The van der Waals surface area contributed by atoms with Gasteiger partial charge in [0.05, 0.1) is 22.3 Å². The van der Waals surface area contributed by atoms with Gasteiger partial charge in [0.15, 0.2) is 0 Å². The Morgan fingerprint density at radius 3 is 2.39 bits per heavy atom. The van der Waals surface area contributed by atoms with Gasteiger partial charge in [-0.05, 0) is 73.1 Å². The molecule has 0 unspecified atom stereocenters. The van der Waals surface area contributed by atoms with Gasteiger partial charge in [-0.1, -0.05) is 24.6 Å². The predicted molar refractivity (Wildman–Crippen MR) is 184 cm³/mol. The molecule has 6 rings (SSSR count). The van der Waals surface area contributed by atoms with Crippen LogP contribution in [-0.2, 0) is 28.9 Å². The lowest BCUT2D eigenvalue weighted by atomic mass is 9.91. The highest BCUT2D eigenvalue weighted by Gasteiger charge is 2.35. The van der Waals surface area contributed by atoms with Crippen molar-refractivity contribution >= 4 is 52.2 Å². The number of rotatable bonds is 8. The van der Waals surface area contributed by atoms with Crippen LogP contribution in [0.5, 0.6) is 0 Å². The first-order valence-electron chi connectivity index (χ1n) is 17.0. The van der Waals surface area contributed by atoms with E-state index < -0.39 is 5.92 Å². The lowest BCUT2D eigenvalue weighted by Crippen LogP contribution is -2.53. The van der Waals surface area contributed by atoms with Crippen LogP contribution in [0.15, 0.2) is 22.9 Å². The molecule has 0 saturated carbocycles. The summed E-state index contributed by atoms with van der Waals surface area (Å²) in [5.74, 6) is -0.408. The number of piperidine rings is 2. The second kappa shape index (κ2) is 14.9. The van der Waals surface area contributed by atoms with E-state index in [0.717, 1.165) is 94.6 Å². The molecule has 0 bridgehead atoms. The number of nitrogens with two attached hydrogens (primary N) is 1. The van der Waals surface area contributed by atoms with Crippen LogP contribution in [0.3, 0.4) is 0 Å². The third-order valence-electron chi connectivity index (χ3n) is 10.5. The fraction of sp³-hybridized carbons (Fsp3) is 0.618. The van der Waals surface area contributed by atoms with E-state index in [1.807, 2.05) is 39.1 Å². The molecule has 10 nitrogen and oxygen atoms in total. The van der Waals surface area contributed by atoms with E-state index in [2.05, 4.69) is 20.9 Å². The second-order valence-electron chi connectivity index (χ2n) is 13.2. The summed E-state index contributed by atoms with van der Waals surface area (Å²) in [6.45, 7) is 9.48. The van der Waals surface area contributed by atoms with Crippen LogP contribution in [-0.4, -0.2) is 108 Å². The second-order valence-corrected chi connectivity index (χ2v) is 14.4. The van der Waals surface area contributed by atoms with Crippen LogP contribution >= 0.6 is 22.9 Å². The highest BCUT2D eigenvalue weighted by atomic mass is 35.5. The molecular weight excluding hydrogens is 622 g/mol. The molecule has 12 heteroatoms. The van der Waals surface area contributed by atoms with Crippen molar-refractivity contribution < 1.29 is 14.4 Å². The summed E-state index contributed by atoms with van der Waals surface area (Å²) < 4.78 is 0. The number of hydrogen-bond acceptors (Lipinski definition) is 7. The van der Waals surface area contributed by atoms with Crippen molar-refractivity contribution in [2.24, 2.45) is 5.92 Å². The van der Waals surface area contributed by atoms with Crippen molar-refractivity contribution in [2.75, 3.05) is 70.0 Å². The van der Waals surface area contributed by atoms with Gasteiger partial charge in [0, 0.05) is 82.8 Å². The maximum Gasteiger partial charge on any atom is 0.322 e. The van der Waals surface area contributed by atoms with Gasteiger partial charge in [0.25, 0.3) is 0 Å². The molecule has 1 aromatic heterocycles. The zero-order chi connectivity index (χ0) is 32.2. The number of nitrogen functional groups attached to an aromatic ring is 1. The highest BCUT2D eigenvalue weighted by molar-refractivity contribution is 7.08. The van der Waals surface area contributed by atoms with Gasteiger partial charge in [0.1, 0.15) is 0 Å². The van der Waals surface area contributed by atoms with Crippen molar-refractivity contribution in [3.05, 3.63) is 44.6 Å². The summed E-state index contributed by atoms with van der Waals surface area (Å²) >= 11 is 8.12. The summed E-state index contributed by atoms with van der Waals surface area (Å²) in [5.41, 5.74) is 10.8. The fourth-order valence-corrected chi connectivity index (χ4v) is 8.79. The number of halogens is 1. The minimum Gasteiger partial charge on any atom is -0.397 e. The number of urea groups is 1. The van der Waals surface area contributed by atoms with E-state index in [0.29, 0.717) is 42.8 Å². The van der Waals surface area contributed by atoms with Gasteiger partial charge in [-0.15, -0.1) is 11.3 Å². The first-order valence-corrected chi connectivity index (χ1v) is 18.3. The van der Waals surface area contributed by atoms with E-state index in [1.54, 1.807) is 11.3 Å². The van der Waals surface area contributed by atoms with Crippen LogP contribution < -0.4 is 16.4 Å². The van der Waals surface area contributed by atoms with Crippen LogP contribution in [0.25, 0.3) is 0 Å². The smallest absolute Gasteiger partial charge is 0.322 e. The number of amides is 4. The molecule has 0 aliphatic carbocycles. The number of nitrogens with zero attached hydrogens (tertiary/aromatic N) is 4. The highest BCUT2D eigenvalue weighted by Crippen LogP contribution is 2.30. The van der Waals surface area contributed by atoms with Gasteiger partial charge in [-0.3, -0.25) is 14.5 Å². The van der Waals surface area contributed by atoms with Crippen molar-refractivity contribution in [1.82, 2.24) is 24.9 Å². The lowest BCUT2D eigenvalue weighted by molar-refractivity contribution is -0.143. The number of thiophene rings is 1. The molecular formula is C34H48ClN7O3S.